The predicted molar refractivity (Wildman–Crippen MR) is 117 cm³/mol. The van der Waals surface area contributed by atoms with Gasteiger partial charge in [-0.25, -0.2) is 0 Å². The number of nitrogens with zero attached hydrogens (tertiary/aromatic N) is 3. The number of methoxy groups -OCH3 is 1. The van der Waals surface area contributed by atoms with Crippen molar-refractivity contribution < 1.29 is 14.3 Å². The molecule has 0 fully saturated rings. The van der Waals surface area contributed by atoms with Crippen LogP contribution in [0, 0.1) is 6.92 Å². The molecule has 2 amide bonds. The number of nitrogens with one attached hydrogen (secondary N) is 2. The molecule has 0 atom stereocenters. The van der Waals surface area contributed by atoms with Gasteiger partial charge in [-0.1, -0.05) is 18.7 Å². The van der Waals surface area contributed by atoms with Gasteiger partial charge in [-0.3, -0.25) is 14.2 Å². The number of amides is 2. The van der Waals surface area contributed by atoms with E-state index in [1.165, 1.54) is 11.8 Å². The van der Waals surface area contributed by atoms with Crippen LogP contribution in [0.3, 0.4) is 0 Å². The zero-order valence-corrected chi connectivity index (χ0v) is 17.8. The summed E-state index contributed by atoms with van der Waals surface area (Å²) in [5.41, 5.74) is 2.24. The molecule has 30 heavy (non-hydrogen) atoms. The molecule has 8 nitrogen and oxygen atoms in total. The van der Waals surface area contributed by atoms with Crippen molar-refractivity contribution in [2.75, 3.05) is 23.5 Å². The fourth-order valence-corrected chi connectivity index (χ4v) is 3.48. The van der Waals surface area contributed by atoms with Gasteiger partial charge in [-0.15, -0.1) is 10.2 Å². The highest BCUT2D eigenvalue weighted by Crippen LogP contribution is 2.24. The van der Waals surface area contributed by atoms with Gasteiger partial charge >= 0.3 is 0 Å². The van der Waals surface area contributed by atoms with Crippen molar-refractivity contribution in [2.45, 2.75) is 25.4 Å². The lowest BCUT2D eigenvalue weighted by molar-refractivity contribution is -0.116. The first kappa shape index (κ1) is 21.4. The number of rotatable bonds is 8. The number of aryl methyl sites for hydroxylation is 1. The summed E-state index contributed by atoms with van der Waals surface area (Å²) in [6.45, 7) is 3.65. The van der Waals surface area contributed by atoms with E-state index in [0.717, 1.165) is 17.3 Å². The first-order chi connectivity index (χ1) is 14.5. The molecule has 9 heteroatoms. The molecule has 3 rings (SSSR count). The van der Waals surface area contributed by atoms with E-state index in [1.807, 2.05) is 35.8 Å². The molecule has 0 saturated heterocycles. The SMILES string of the molecule is CCC(=O)Nc1ccc(NC(=O)CSc2nnc(C)n2-c2ccc(OC)cc2)cc1. The average Bonchev–Trinajstić information content (AvgIpc) is 3.14. The molecule has 0 aliphatic carbocycles. The minimum absolute atomic E-state index is 0.0561. The largest absolute Gasteiger partial charge is 0.497 e. The predicted octanol–water partition coefficient (Wildman–Crippen LogP) is 3.66. The van der Waals surface area contributed by atoms with Crippen LogP contribution in [-0.4, -0.2) is 39.4 Å². The van der Waals surface area contributed by atoms with E-state index in [0.29, 0.717) is 23.0 Å². The number of aromatic nitrogens is 3. The van der Waals surface area contributed by atoms with Crippen molar-refractivity contribution in [3.63, 3.8) is 0 Å². The average molecular weight is 426 g/mol. The van der Waals surface area contributed by atoms with Crippen LogP contribution in [0.15, 0.2) is 53.7 Å². The number of ether oxygens (including phenoxy) is 1. The molecule has 156 valence electrons. The first-order valence-electron chi connectivity index (χ1n) is 9.39. The third kappa shape index (κ3) is 5.38. The monoisotopic (exact) mass is 425 g/mol. The molecule has 0 bridgehead atoms. The fourth-order valence-electron chi connectivity index (χ4n) is 2.68. The number of hydrogen-bond donors (Lipinski definition) is 2. The second kappa shape index (κ2) is 9.93. The van der Waals surface area contributed by atoms with Crippen LogP contribution in [-0.2, 0) is 9.59 Å². The molecule has 3 aromatic rings. The quantitative estimate of drug-likeness (QED) is 0.535. The molecule has 0 spiro atoms. The Kier molecular flexibility index (Phi) is 7.08. The van der Waals surface area contributed by atoms with Crippen LogP contribution in [0.1, 0.15) is 19.2 Å². The minimum Gasteiger partial charge on any atom is -0.497 e. The van der Waals surface area contributed by atoms with Crippen LogP contribution in [0.4, 0.5) is 11.4 Å². The van der Waals surface area contributed by atoms with Crippen molar-refractivity contribution in [2.24, 2.45) is 0 Å². The number of benzene rings is 2. The van der Waals surface area contributed by atoms with Gasteiger partial charge in [0.25, 0.3) is 0 Å². The number of thioether (sulfide) groups is 1. The van der Waals surface area contributed by atoms with Crippen LogP contribution in [0.2, 0.25) is 0 Å². The van der Waals surface area contributed by atoms with E-state index < -0.39 is 0 Å². The first-order valence-corrected chi connectivity index (χ1v) is 10.4. The Morgan fingerprint density at radius 1 is 0.967 bits per heavy atom. The van der Waals surface area contributed by atoms with Crippen LogP contribution >= 0.6 is 11.8 Å². The molecule has 1 heterocycles. The van der Waals surface area contributed by atoms with Gasteiger partial charge in [0.1, 0.15) is 11.6 Å². The highest BCUT2D eigenvalue weighted by atomic mass is 32.2. The van der Waals surface area contributed by atoms with Gasteiger partial charge in [0.2, 0.25) is 11.8 Å². The summed E-state index contributed by atoms with van der Waals surface area (Å²) >= 11 is 1.30. The molecule has 0 unspecified atom stereocenters. The Morgan fingerprint density at radius 3 is 2.13 bits per heavy atom. The van der Waals surface area contributed by atoms with Gasteiger partial charge in [0.15, 0.2) is 5.16 Å². The fraction of sp³-hybridized carbons (Fsp3) is 0.238. The molecule has 0 aliphatic rings. The Bertz CT molecular complexity index is 1020. The van der Waals surface area contributed by atoms with E-state index in [2.05, 4.69) is 20.8 Å². The Morgan fingerprint density at radius 2 is 1.57 bits per heavy atom. The van der Waals surface area contributed by atoms with Crippen LogP contribution in [0.5, 0.6) is 5.75 Å². The van der Waals surface area contributed by atoms with Gasteiger partial charge < -0.3 is 15.4 Å². The normalized spacial score (nSPS) is 10.5. The number of carbonyl (C=O) groups excluding carboxylic acids is 2. The lowest BCUT2D eigenvalue weighted by Gasteiger charge is -2.10. The van der Waals surface area contributed by atoms with Crippen molar-refractivity contribution in [3.8, 4) is 11.4 Å². The molecular weight excluding hydrogens is 402 g/mol. The van der Waals surface area contributed by atoms with Gasteiger partial charge in [-0.2, -0.15) is 0 Å². The molecule has 0 aliphatic heterocycles. The van der Waals surface area contributed by atoms with Gasteiger partial charge in [0.05, 0.1) is 12.9 Å². The zero-order chi connectivity index (χ0) is 21.5. The van der Waals surface area contributed by atoms with Crippen molar-refractivity contribution in [1.82, 2.24) is 14.8 Å². The molecule has 0 radical (unpaired) electrons. The van der Waals surface area contributed by atoms with E-state index in [4.69, 9.17) is 4.74 Å². The van der Waals surface area contributed by atoms with E-state index in [-0.39, 0.29) is 17.6 Å². The van der Waals surface area contributed by atoms with Gasteiger partial charge in [-0.05, 0) is 55.5 Å². The Labute approximate surface area is 179 Å². The lowest BCUT2D eigenvalue weighted by atomic mass is 10.2. The summed E-state index contributed by atoms with van der Waals surface area (Å²) in [5.74, 6) is 1.46. The minimum atomic E-state index is -0.160. The second-order valence-corrected chi connectivity index (χ2v) is 7.32. The maximum atomic E-state index is 12.4. The number of carbonyl (C=O) groups is 2. The molecule has 1 aromatic heterocycles. The lowest BCUT2D eigenvalue weighted by Crippen LogP contribution is -2.15. The Hall–Kier alpha value is -3.33. The topological polar surface area (TPSA) is 98.1 Å². The van der Waals surface area contributed by atoms with Crippen molar-refractivity contribution in [1.29, 1.82) is 0 Å². The summed E-state index contributed by atoms with van der Waals surface area (Å²) in [4.78, 5) is 23.8. The van der Waals surface area contributed by atoms with E-state index in [9.17, 15) is 9.59 Å². The summed E-state index contributed by atoms with van der Waals surface area (Å²) in [6.07, 6.45) is 0.413. The van der Waals surface area contributed by atoms with E-state index >= 15 is 0 Å². The molecule has 0 saturated carbocycles. The molecular formula is C21H23N5O3S. The van der Waals surface area contributed by atoms with Crippen molar-refractivity contribution in [3.05, 3.63) is 54.4 Å². The van der Waals surface area contributed by atoms with Crippen LogP contribution < -0.4 is 15.4 Å². The Balaban J connectivity index is 1.60. The standard InChI is InChI=1S/C21H23N5O3S/c1-4-19(27)22-15-5-7-16(8-6-15)23-20(28)13-30-21-25-24-14(2)26(21)17-9-11-18(29-3)12-10-17/h5-12H,4,13H2,1-3H3,(H,22,27)(H,23,28). The summed E-state index contributed by atoms with van der Waals surface area (Å²) in [7, 11) is 1.62. The summed E-state index contributed by atoms with van der Waals surface area (Å²) < 4.78 is 7.09. The van der Waals surface area contributed by atoms with Crippen molar-refractivity contribution >= 4 is 35.0 Å². The second-order valence-electron chi connectivity index (χ2n) is 6.38. The highest BCUT2D eigenvalue weighted by Gasteiger charge is 2.14. The summed E-state index contributed by atoms with van der Waals surface area (Å²) in [6, 6.07) is 14.6. The maximum Gasteiger partial charge on any atom is 0.234 e. The maximum absolute atomic E-state index is 12.4. The van der Waals surface area contributed by atoms with Crippen LogP contribution in [0.25, 0.3) is 5.69 Å². The van der Waals surface area contributed by atoms with E-state index in [1.54, 1.807) is 38.3 Å². The zero-order valence-electron chi connectivity index (χ0n) is 17.0. The highest BCUT2D eigenvalue weighted by molar-refractivity contribution is 7.99. The third-order valence-corrected chi connectivity index (χ3v) is 5.16. The number of anilines is 2. The third-order valence-electron chi connectivity index (χ3n) is 4.23. The van der Waals surface area contributed by atoms with Gasteiger partial charge in [0, 0.05) is 23.5 Å². The smallest absolute Gasteiger partial charge is 0.234 e. The molecule has 2 aromatic carbocycles. The number of hydrogen-bond acceptors (Lipinski definition) is 6. The summed E-state index contributed by atoms with van der Waals surface area (Å²) in [5, 5.41) is 14.6. The molecule has 2 N–H and O–H groups in total.